The number of nitrogens with one attached hydrogen (secondary N) is 3. The van der Waals surface area contributed by atoms with E-state index < -0.39 is 5.95 Å². The SMILES string of the molecule is Cc1cc(NC(=O)N[C@@H]2CCN(C)[C@@H](c3nc4ccccc4[nH]3)C2)cnc1F. The van der Waals surface area contributed by atoms with Crippen LogP contribution in [0.5, 0.6) is 0 Å². The zero-order valence-electron chi connectivity index (χ0n) is 15.9. The number of anilines is 1. The minimum atomic E-state index is -0.532. The highest BCUT2D eigenvalue weighted by molar-refractivity contribution is 5.89. The second kappa shape index (κ2) is 7.55. The van der Waals surface area contributed by atoms with Crippen LogP contribution in [-0.2, 0) is 0 Å². The maximum absolute atomic E-state index is 13.3. The monoisotopic (exact) mass is 382 g/mol. The van der Waals surface area contributed by atoms with Gasteiger partial charge in [0.1, 0.15) is 5.82 Å². The average molecular weight is 382 g/mol. The van der Waals surface area contributed by atoms with E-state index in [2.05, 4.69) is 32.5 Å². The van der Waals surface area contributed by atoms with Gasteiger partial charge in [-0.3, -0.25) is 4.90 Å². The number of aromatic amines is 1. The van der Waals surface area contributed by atoms with Crippen molar-refractivity contribution in [3.63, 3.8) is 0 Å². The summed E-state index contributed by atoms with van der Waals surface area (Å²) in [4.78, 5) is 26.4. The summed E-state index contributed by atoms with van der Waals surface area (Å²) in [6.07, 6.45) is 2.92. The van der Waals surface area contributed by atoms with E-state index in [1.54, 1.807) is 13.0 Å². The second-order valence-corrected chi connectivity index (χ2v) is 7.29. The summed E-state index contributed by atoms with van der Waals surface area (Å²) in [5.74, 6) is 0.379. The lowest BCUT2D eigenvalue weighted by Crippen LogP contribution is -2.46. The number of aryl methyl sites for hydroxylation is 1. The molecule has 28 heavy (non-hydrogen) atoms. The number of H-pyrrole nitrogens is 1. The molecule has 1 aliphatic heterocycles. The highest BCUT2D eigenvalue weighted by atomic mass is 19.1. The minimum Gasteiger partial charge on any atom is -0.341 e. The minimum absolute atomic E-state index is 0.0175. The largest absolute Gasteiger partial charge is 0.341 e. The number of urea groups is 1. The molecule has 3 aromatic rings. The van der Waals surface area contributed by atoms with E-state index in [1.165, 1.54) is 6.20 Å². The number of nitrogens with zero attached hydrogens (tertiary/aromatic N) is 3. The summed E-state index contributed by atoms with van der Waals surface area (Å²) < 4.78 is 13.3. The van der Waals surface area contributed by atoms with E-state index in [4.69, 9.17) is 4.98 Å². The van der Waals surface area contributed by atoms with Crippen LogP contribution in [-0.4, -0.2) is 45.5 Å². The van der Waals surface area contributed by atoms with Gasteiger partial charge in [-0.25, -0.2) is 14.8 Å². The number of benzene rings is 1. The highest BCUT2D eigenvalue weighted by Crippen LogP contribution is 2.29. The maximum atomic E-state index is 13.3. The number of aromatic nitrogens is 3. The zero-order valence-corrected chi connectivity index (χ0v) is 15.9. The molecule has 1 fully saturated rings. The predicted molar refractivity (Wildman–Crippen MR) is 106 cm³/mol. The van der Waals surface area contributed by atoms with E-state index in [1.807, 2.05) is 24.3 Å². The maximum Gasteiger partial charge on any atom is 0.319 e. The van der Waals surface area contributed by atoms with Gasteiger partial charge in [-0.05, 0) is 45.0 Å². The Morgan fingerprint density at radius 1 is 1.36 bits per heavy atom. The van der Waals surface area contributed by atoms with Crippen LogP contribution >= 0.6 is 0 Å². The van der Waals surface area contributed by atoms with E-state index in [9.17, 15) is 9.18 Å². The first kappa shape index (κ1) is 18.4. The molecule has 0 bridgehead atoms. The van der Waals surface area contributed by atoms with Gasteiger partial charge in [0.2, 0.25) is 5.95 Å². The van der Waals surface area contributed by atoms with E-state index in [-0.39, 0.29) is 18.1 Å². The number of piperidine rings is 1. The third-order valence-electron chi connectivity index (χ3n) is 5.20. The number of rotatable bonds is 3. The molecule has 2 atom stereocenters. The van der Waals surface area contributed by atoms with Crippen molar-refractivity contribution in [1.82, 2.24) is 25.2 Å². The van der Waals surface area contributed by atoms with Gasteiger partial charge in [0, 0.05) is 18.2 Å². The Morgan fingerprint density at radius 3 is 2.96 bits per heavy atom. The summed E-state index contributed by atoms with van der Waals surface area (Å²) in [5.41, 5.74) is 2.82. The average Bonchev–Trinajstić information content (AvgIpc) is 3.10. The fourth-order valence-electron chi connectivity index (χ4n) is 3.64. The van der Waals surface area contributed by atoms with Gasteiger partial charge in [0.25, 0.3) is 0 Å². The summed E-state index contributed by atoms with van der Waals surface area (Å²) in [7, 11) is 2.07. The normalized spacial score (nSPS) is 20.2. The first-order valence-corrected chi connectivity index (χ1v) is 9.34. The van der Waals surface area contributed by atoms with Gasteiger partial charge < -0.3 is 15.6 Å². The van der Waals surface area contributed by atoms with Crippen molar-refractivity contribution in [2.24, 2.45) is 0 Å². The van der Waals surface area contributed by atoms with Crippen molar-refractivity contribution in [1.29, 1.82) is 0 Å². The number of hydrogen-bond acceptors (Lipinski definition) is 4. The van der Waals surface area contributed by atoms with E-state index >= 15 is 0 Å². The Bertz CT molecular complexity index is 970. The van der Waals surface area contributed by atoms with Gasteiger partial charge in [-0.1, -0.05) is 12.1 Å². The number of carbonyl (C=O) groups excluding carboxylic acids is 1. The molecule has 146 valence electrons. The summed E-state index contributed by atoms with van der Waals surface area (Å²) >= 11 is 0. The van der Waals surface area contributed by atoms with Crippen molar-refractivity contribution in [2.45, 2.75) is 31.8 Å². The molecule has 3 heterocycles. The van der Waals surface area contributed by atoms with E-state index in [0.717, 1.165) is 36.2 Å². The summed E-state index contributed by atoms with van der Waals surface area (Å²) in [6, 6.07) is 9.31. The van der Waals surface area contributed by atoms with Crippen LogP contribution < -0.4 is 10.6 Å². The van der Waals surface area contributed by atoms with Crippen LogP contribution in [0.3, 0.4) is 0 Å². The number of imidazole rings is 1. The number of hydrogen-bond donors (Lipinski definition) is 3. The van der Waals surface area contributed by atoms with Gasteiger partial charge in [-0.15, -0.1) is 0 Å². The number of pyridine rings is 1. The Labute approximate surface area is 162 Å². The summed E-state index contributed by atoms with van der Waals surface area (Å²) in [6.45, 7) is 2.46. The number of likely N-dealkylation sites (tertiary alicyclic amines) is 1. The van der Waals surface area contributed by atoms with Crippen LogP contribution in [0.25, 0.3) is 11.0 Å². The molecular formula is C20H23FN6O. The molecule has 1 aromatic carbocycles. The lowest BCUT2D eigenvalue weighted by molar-refractivity contribution is 0.153. The molecule has 0 unspecified atom stereocenters. The number of fused-ring (bicyclic) bond motifs is 1. The topological polar surface area (TPSA) is 85.9 Å². The predicted octanol–water partition coefficient (Wildman–Crippen LogP) is 3.36. The molecule has 8 heteroatoms. The molecule has 0 spiro atoms. The third-order valence-corrected chi connectivity index (χ3v) is 5.20. The Kier molecular flexibility index (Phi) is 4.95. The smallest absolute Gasteiger partial charge is 0.319 e. The molecule has 0 aliphatic carbocycles. The molecule has 1 saturated heterocycles. The first-order chi connectivity index (χ1) is 13.5. The molecule has 2 amide bonds. The molecule has 2 aromatic heterocycles. The molecule has 4 rings (SSSR count). The van der Waals surface area contributed by atoms with Crippen LogP contribution in [0.15, 0.2) is 36.5 Å². The Morgan fingerprint density at radius 2 is 2.18 bits per heavy atom. The fraction of sp³-hybridized carbons (Fsp3) is 0.350. The third kappa shape index (κ3) is 3.82. The van der Waals surface area contributed by atoms with Crippen molar-refractivity contribution in [2.75, 3.05) is 18.9 Å². The second-order valence-electron chi connectivity index (χ2n) is 7.29. The number of halogens is 1. The molecule has 0 radical (unpaired) electrons. The first-order valence-electron chi connectivity index (χ1n) is 9.34. The van der Waals surface area contributed by atoms with Crippen LogP contribution in [0, 0.1) is 12.9 Å². The van der Waals surface area contributed by atoms with Gasteiger partial charge >= 0.3 is 6.03 Å². The zero-order chi connectivity index (χ0) is 19.7. The van der Waals surface area contributed by atoms with Gasteiger partial charge in [0.15, 0.2) is 0 Å². The van der Waals surface area contributed by atoms with Crippen LogP contribution in [0.2, 0.25) is 0 Å². The van der Waals surface area contributed by atoms with Crippen LogP contribution in [0.4, 0.5) is 14.9 Å². The number of amides is 2. The van der Waals surface area contributed by atoms with Crippen molar-refractivity contribution < 1.29 is 9.18 Å². The molecule has 3 N–H and O–H groups in total. The van der Waals surface area contributed by atoms with Crippen LogP contribution in [0.1, 0.15) is 30.3 Å². The summed E-state index contributed by atoms with van der Waals surface area (Å²) in [5, 5.41) is 5.74. The molecule has 0 saturated carbocycles. The lowest BCUT2D eigenvalue weighted by Gasteiger charge is -2.36. The fourth-order valence-corrected chi connectivity index (χ4v) is 3.64. The highest BCUT2D eigenvalue weighted by Gasteiger charge is 2.30. The number of carbonyl (C=O) groups is 1. The Hall–Kier alpha value is -3.00. The van der Waals surface area contributed by atoms with Crippen molar-refractivity contribution in [3.8, 4) is 0 Å². The molecular weight excluding hydrogens is 359 g/mol. The van der Waals surface area contributed by atoms with Gasteiger partial charge in [0.05, 0.1) is 29.0 Å². The van der Waals surface area contributed by atoms with Crippen molar-refractivity contribution >= 4 is 22.8 Å². The Balaban J connectivity index is 1.42. The number of para-hydroxylation sites is 2. The van der Waals surface area contributed by atoms with Crippen molar-refractivity contribution in [3.05, 3.63) is 53.9 Å². The van der Waals surface area contributed by atoms with Gasteiger partial charge in [-0.2, -0.15) is 4.39 Å². The molecule has 1 aliphatic rings. The quantitative estimate of drug-likeness (QED) is 0.606. The lowest BCUT2D eigenvalue weighted by atomic mass is 9.97. The molecule has 7 nitrogen and oxygen atoms in total. The standard InChI is InChI=1S/C20H23FN6O/c1-12-9-14(11-22-18(12)21)24-20(28)23-13-7-8-27(2)17(10-13)19-25-15-5-3-4-6-16(15)26-19/h3-6,9,11,13,17H,7-8,10H2,1-2H3,(H,25,26)(H2,23,24,28)/t13-,17-/m1/s1. The van der Waals surface area contributed by atoms with E-state index in [0.29, 0.717) is 11.3 Å².